The van der Waals surface area contributed by atoms with Crippen LogP contribution in [0.25, 0.3) is 10.2 Å². The SMILES string of the molecule is CCNc1nc(COCC(C)C)nc2sc(C)c(C)c12. The molecule has 0 radical (unpaired) electrons. The highest BCUT2D eigenvalue weighted by atomic mass is 32.1. The van der Waals surface area contributed by atoms with Crippen molar-refractivity contribution in [2.24, 2.45) is 5.92 Å². The first-order valence-corrected chi connectivity index (χ1v) is 7.92. The molecule has 0 atom stereocenters. The lowest BCUT2D eigenvalue weighted by Crippen LogP contribution is -2.07. The van der Waals surface area contributed by atoms with Gasteiger partial charge in [0.15, 0.2) is 5.82 Å². The molecule has 0 aliphatic heterocycles. The van der Waals surface area contributed by atoms with Crippen LogP contribution in [0.1, 0.15) is 37.0 Å². The molecule has 0 aromatic carbocycles. The predicted octanol–water partition coefficient (Wildman–Crippen LogP) is 3.91. The number of hydrogen-bond acceptors (Lipinski definition) is 5. The van der Waals surface area contributed by atoms with E-state index in [9.17, 15) is 0 Å². The number of nitrogens with one attached hydrogen (secondary N) is 1. The summed E-state index contributed by atoms with van der Waals surface area (Å²) >= 11 is 1.73. The van der Waals surface area contributed by atoms with E-state index < -0.39 is 0 Å². The van der Waals surface area contributed by atoms with Crippen molar-refractivity contribution in [2.75, 3.05) is 18.5 Å². The van der Waals surface area contributed by atoms with Crippen molar-refractivity contribution in [1.29, 1.82) is 0 Å². The average Bonchev–Trinajstić information content (AvgIpc) is 2.65. The van der Waals surface area contributed by atoms with Crippen molar-refractivity contribution in [3.8, 4) is 0 Å². The summed E-state index contributed by atoms with van der Waals surface area (Å²) < 4.78 is 5.65. The third kappa shape index (κ3) is 3.27. The van der Waals surface area contributed by atoms with Crippen LogP contribution in [0.3, 0.4) is 0 Å². The quantitative estimate of drug-likeness (QED) is 0.877. The van der Waals surface area contributed by atoms with Gasteiger partial charge in [0.2, 0.25) is 0 Å². The molecule has 5 heteroatoms. The fourth-order valence-corrected chi connectivity index (χ4v) is 3.09. The number of thiophene rings is 1. The van der Waals surface area contributed by atoms with Gasteiger partial charge >= 0.3 is 0 Å². The number of rotatable bonds is 6. The van der Waals surface area contributed by atoms with Gasteiger partial charge in [0.25, 0.3) is 0 Å². The molecule has 110 valence electrons. The molecule has 0 fully saturated rings. The van der Waals surface area contributed by atoms with Crippen LogP contribution in [0.5, 0.6) is 0 Å². The van der Waals surface area contributed by atoms with Crippen LogP contribution in [0, 0.1) is 19.8 Å². The van der Waals surface area contributed by atoms with Crippen LogP contribution in [0.4, 0.5) is 5.82 Å². The molecule has 1 N–H and O–H groups in total. The molecule has 0 aliphatic carbocycles. The maximum atomic E-state index is 5.65. The third-order valence-corrected chi connectivity index (χ3v) is 4.20. The summed E-state index contributed by atoms with van der Waals surface area (Å²) in [4.78, 5) is 11.6. The molecular formula is C15H23N3OS. The first kappa shape index (κ1) is 15.2. The Morgan fingerprint density at radius 1 is 1.25 bits per heavy atom. The second-order valence-electron chi connectivity index (χ2n) is 5.39. The molecular weight excluding hydrogens is 270 g/mol. The highest BCUT2D eigenvalue weighted by molar-refractivity contribution is 7.18. The van der Waals surface area contributed by atoms with Crippen molar-refractivity contribution in [3.05, 3.63) is 16.3 Å². The topological polar surface area (TPSA) is 47.0 Å². The number of anilines is 1. The molecule has 0 unspecified atom stereocenters. The zero-order valence-electron chi connectivity index (χ0n) is 12.9. The van der Waals surface area contributed by atoms with Crippen molar-refractivity contribution >= 4 is 27.4 Å². The van der Waals surface area contributed by atoms with E-state index >= 15 is 0 Å². The van der Waals surface area contributed by atoms with E-state index in [0.717, 1.165) is 35.0 Å². The highest BCUT2D eigenvalue weighted by Gasteiger charge is 2.14. The maximum absolute atomic E-state index is 5.65. The summed E-state index contributed by atoms with van der Waals surface area (Å²) in [7, 11) is 0. The minimum absolute atomic E-state index is 0.475. The highest BCUT2D eigenvalue weighted by Crippen LogP contribution is 2.33. The van der Waals surface area contributed by atoms with Crippen molar-refractivity contribution in [2.45, 2.75) is 41.2 Å². The molecule has 2 rings (SSSR count). The van der Waals surface area contributed by atoms with E-state index in [1.165, 1.54) is 10.4 Å². The summed E-state index contributed by atoms with van der Waals surface area (Å²) in [5.74, 6) is 2.22. The maximum Gasteiger partial charge on any atom is 0.158 e. The lowest BCUT2D eigenvalue weighted by molar-refractivity contribution is 0.0926. The Bertz CT molecular complexity index is 592. The molecule has 0 amide bonds. The van der Waals surface area contributed by atoms with Crippen molar-refractivity contribution in [1.82, 2.24) is 9.97 Å². The monoisotopic (exact) mass is 293 g/mol. The summed E-state index contributed by atoms with van der Waals surface area (Å²) in [6, 6.07) is 0. The van der Waals surface area contributed by atoms with Crippen LogP contribution in [0.15, 0.2) is 0 Å². The van der Waals surface area contributed by atoms with Crippen molar-refractivity contribution in [3.63, 3.8) is 0 Å². The number of nitrogens with zero attached hydrogens (tertiary/aromatic N) is 2. The van der Waals surface area contributed by atoms with Gasteiger partial charge in [-0.2, -0.15) is 0 Å². The molecule has 4 nitrogen and oxygen atoms in total. The lowest BCUT2D eigenvalue weighted by Gasteiger charge is -2.09. The Hall–Kier alpha value is -1.20. The number of hydrogen-bond donors (Lipinski definition) is 1. The van der Waals surface area contributed by atoms with E-state index in [1.54, 1.807) is 11.3 Å². The molecule has 0 saturated heterocycles. The van der Waals surface area contributed by atoms with E-state index in [4.69, 9.17) is 4.74 Å². The smallest absolute Gasteiger partial charge is 0.158 e. The molecule has 2 aromatic rings. The van der Waals surface area contributed by atoms with Crippen LogP contribution in [-0.2, 0) is 11.3 Å². The summed E-state index contributed by atoms with van der Waals surface area (Å²) in [5.41, 5.74) is 1.27. The Morgan fingerprint density at radius 2 is 2.00 bits per heavy atom. The molecule has 2 aromatic heterocycles. The van der Waals surface area contributed by atoms with E-state index in [-0.39, 0.29) is 0 Å². The zero-order chi connectivity index (χ0) is 14.7. The van der Waals surface area contributed by atoms with Gasteiger partial charge in [-0.05, 0) is 32.3 Å². The van der Waals surface area contributed by atoms with Gasteiger partial charge in [-0.3, -0.25) is 0 Å². The van der Waals surface area contributed by atoms with Crippen LogP contribution in [0.2, 0.25) is 0 Å². The number of ether oxygens (including phenoxy) is 1. The number of aromatic nitrogens is 2. The second kappa shape index (κ2) is 6.50. The Labute approximate surface area is 124 Å². The van der Waals surface area contributed by atoms with Gasteiger partial charge in [0.1, 0.15) is 17.3 Å². The fourth-order valence-electron chi connectivity index (χ4n) is 2.04. The van der Waals surface area contributed by atoms with Gasteiger partial charge in [-0.1, -0.05) is 13.8 Å². The zero-order valence-corrected chi connectivity index (χ0v) is 13.7. The number of fused-ring (bicyclic) bond motifs is 1. The van der Waals surface area contributed by atoms with Gasteiger partial charge in [0, 0.05) is 18.0 Å². The lowest BCUT2D eigenvalue weighted by atomic mass is 10.2. The summed E-state index contributed by atoms with van der Waals surface area (Å²) in [6.07, 6.45) is 0. The summed E-state index contributed by atoms with van der Waals surface area (Å²) in [6.45, 7) is 12.7. The minimum Gasteiger partial charge on any atom is -0.373 e. The average molecular weight is 293 g/mol. The first-order chi connectivity index (χ1) is 9.52. The summed E-state index contributed by atoms with van der Waals surface area (Å²) in [5, 5.41) is 4.50. The molecule has 0 bridgehead atoms. The largest absolute Gasteiger partial charge is 0.373 e. The Kier molecular flexibility index (Phi) is 4.94. The molecule has 20 heavy (non-hydrogen) atoms. The predicted molar refractivity (Wildman–Crippen MR) is 85.5 cm³/mol. The normalized spacial score (nSPS) is 11.5. The minimum atomic E-state index is 0.475. The molecule has 2 heterocycles. The second-order valence-corrected chi connectivity index (χ2v) is 6.59. The van der Waals surface area contributed by atoms with Gasteiger partial charge in [0.05, 0.1) is 5.39 Å². The van der Waals surface area contributed by atoms with Gasteiger partial charge in [-0.15, -0.1) is 11.3 Å². The molecule has 0 saturated carbocycles. The van der Waals surface area contributed by atoms with Gasteiger partial charge < -0.3 is 10.1 Å². The first-order valence-electron chi connectivity index (χ1n) is 7.11. The fraction of sp³-hybridized carbons (Fsp3) is 0.600. The standard InChI is InChI=1S/C15H23N3OS/c1-6-16-14-13-10(4)11(5)20-15(13)18-12(17-14)8-19-7-9(2)3/h9H,6-8H2,1-5H3,(H,16,17,18). The Balaban J connectivity index is 2.33. The molecule has 0 aliphatic rings. The van der Waals surface area contributed by atoms with E-state index in [0.29, 0.717) is 12.5 Å². The Morgan fingerprint density at radius 3 is 2.65 bits per heavy atom. The van der Waals surface area contributed by atoms with Crippen LogP contribution < -0.4 is 5.32 Å². The van der Waals surface area contributed by atoms with Crippen molar-refractivity contribution < 1.29 is 4.74 Å². The third-order valence-electron chi connectivity index (χ3n) is 3.10. The molecule has 0 spiro atoms. The van der Waals surface area contributed by atoms with E-state index in [1.807, 2.05) is 0 Å². The van der Waals surface area contributed by atoms with Crippen LogP contribution in [-0.4, -0.2) is 23.1 Å². The van der Waals surface area contributed by atoms with Crippen LogP contribution >= 0.6 is 11.3 Å². The van der Waals surface area contributed by atoms with Gasteiger partial charge in [-0.25, -0.2) is 9.97 Å². The number of aryl methyl sites for hydroxylation is 2. The van der Waals surface area contributed by atoms with E-state index in [2.05, 4.69) is 49.9 Å².